The fourth-order valence-electron chi connectivity index (χ4n) is 1.75. The zero-order valence-electron chi connectivity index (χ0n) is 13.6. The average molecular weight is 312 g/mol. The van der Waals surface area contributed by atoms with E-state index >= 15 is 0 Å². The Morgan fingerprint density at radius 2 is 2.09 bits per heavy atom. The number of hydrogen-bond donors (Lipinski definition) is 3. The van der Waals surface area contributed by atoms with Crippen molar-refractivity contribution in [2.45, 2.75) is 45.9 Å². The van der Waals surface area contributed by atoms with Crippen molar-refractivity contribution in [1.29, 1.82) is 0 Å². The van der Waals surface area contributed by atoms with Gasteiger partial charge in [-0.1, -0.05) is 0 Å². The average Bonchev–Trinajstić information content (AvgIpc) is 2.68. The number of nitrogens with zero attached hydrogens (tertiary/aromatic N) is 2. The largest absolute Gasteiger partial charge is 0.476 e. The topological polar surface area (TPSA) is 105 Å². The van der Waals surface area contributed by atoms with Crippen LogP contribution in [-0.4, -0.2) is 45.1 Å². The first kappa shape index (κ1) is 18.0. The van der Waals surface area contributed by atoms with Crippen molar-refractivity contribution >= 4 is 12.1 Å². The van der Waals surface area contributed by atoms with E-state index in [1.165, 1.54) is 10.7 Å². The number of carboxylic acids is 1. The van der Waals surface area contributed by atoms with Crippen LogP contribution >= 0.6 is 0 Å². The molecule has 1 rings (SSSR count). The van der Waals surface area contributed by atoms with Crippen molar-refractivity contribution in [3.05, 3.63) is 17.5 Å². The van der Waals surface area contributed by atoms with Crippen LogP contribution in [0.5, 0.6) is 0 Å². The van der Waals surface area contributed by atoms with E-state index < -0.39 is 17.7 Å². The number of aromatic nitrogens is 2. The van der Waals surface area contributed by atoms with Crippen molar-refractivity contribution in [3.63, 3.8) is 0 Å². The molecule has 0 fully saturated rings. The van der Waals surface area contributed by atoms with E-state index in [0.29, 0.717) is 13.1 Å². The molecule has 0 saturated carbocycles. The van der Waals surface area contributed by atoms with E-state index in [1.807, 2.05) is 6.92 Å². The molecule has 1 amide bonds. The van der Waals surface area contributed by atoms with Gasteiger partial charge in [-0.2, -0.15) is 5.10 Å². The molecule has 1 heterocycles. The van der Waals surface area contributed by atoms with E-state index in [2.05, 4.69) is 15.7 Å². The Hall–Kier alpha value is -2.09. The predicted molar refractivity (Wildman–Crippen MR) is 80.7 cm³/mol. The lowest BCUT2D eigenvalue weighted by molar-refractivity contribution is 0.0507. The fourth-order valence-corrected chi connectivity index (χ4v) is 1.75. The molecule has 1 aromatic rings. The van der Waals surface area contributed by atoms with E-state index in [1.54, 1.807) is 27.8 Å². The first-order valence-electron chi connectivity index (χ1n) is 7.05. The second kappa shape index (κ2) is 7.26. The lowest BCUT2D eigenvalue weighted by Crippen LogP contribution is -2.42. The number of carboxylic acid groups (broad SMARTS) is 1. The van der Waals surface area contributed by atoms with Crippen LogP contribution in [0, 0.1) is 0 Å². The molecule has 3 N–H and O–H groups in total. The van der Waals surface area contributed by atoms with Gasteiger partial charge >= 0.3 is 12.1 Å². The molecule has 0 aliphatic carbocycles. The number of carbonyl (C=O) groups is 2. The number of alkyl carbamates (subject to hydrolysis) is 1. The summed E-state index contributed by atoms with van der Waals surface area (Å²) in [7, 11) is 1.69. The summed E-state index contributed by atoms with van der Waals surface area (Å²) in [5, 5.41) is 18.6. The zero-order chi connectivity index (χ0) is 16.9. The Kier molecular flexibility index (Phi) is 5.92. The number of hydrogen-bond acceptors (Lipinski definition) is 5. The lowest BCUT2D eigenvalue weighted by atomic mass is 10.2. The van der Waals surface area contributed by atoms with Crippen LogP contribution in [0.25, 0.3) is 0 Å². The summed E-state index contributed by atoms with van der Waals surface area (Å²) in [6, 6.07) is 1.39. The molecule has 0 saturated heterocycles. The van der Waals surface area contributed by atoms with Gasteiger partial charge in [0.2, 0.25) is 0 Å². The molecule has 1 atom stereocenters. The molecule has 0 aliphatic heterocycles. The minimum atomic E-state index is -1.05. The van der Waals surface area contributed by atoms with Crippen molar-refractivity contribution < 1.29 is 19.4 Å². The molecular formula is C14H24N4O4. The maximum Gasteiger partial charge on any atom is 0.407 e. The number of amides is 1. The number of carbonyl (C=O) groups excluding carboxylic acids is 1. The Morgan fingerprint density at radius 3 is 2.59 bits per heavy atom. The summed E-state index contributed by atoms with van der Waals surface area (Å²) < 4.78 is 6.68. The Balaban J connectivity index is 2.38. The molecule has 22 heavy (non-hydrogen) atoms. The highest BCUT2D eigenvalue weighted by Gasteiger charge is 2.17. The summed E-state index contributed by atoms with van der Waals surface area (Å²) in [4.78, 5) is 22.4. The zero-order valence-corrected chi connectivity index (χ0v) is 13.6. The van der Waals surface area contributed by atoms with Crippen molar-refractivity contribution in [1.82, 2.24) is 20.4 Å². The number of ether oxygens (including phenoxy) is 1. The summed E-state index contributed by atoms with van der Waals surface area (Å²) in [5.41, 5.74) is 0.236. The molecule has 8 heteroatoms. The van der Waals surface area contributed by atoms with Crippen LogP contribution in [0.2, 0.25) is 0 Å². The smallest absolute Gasteiger partial charge is 0.407 e. The maximum atomic E-state index is 11.6. The van der Waals surface area contributed by atoms with E-state index in [4.69, 9.17) is 9.84 Å². The van der Waals surface area contributed by atoms with Crippen LogP contribution in [0.1, 0.15) is 43.9 Å². The molecular weight excluding hydrogens is 288 g/mol. The molecule has 8 nitrogen and oxygen atoms in total. The van der Waals surface area contributed by atoms with Crippen LogP contribution in [0.4, 0.5) is 4.79 Å². The normalized spacial score (nSPS) is 12.8. The van der Waals surface area contributed by atoms with Crippen molar-refractivity contribution in [2.24, 2.45) is 7.05 Å². The molecule has 1 unspecified atom stereocenters. The first-order valence-corrected chi connectivity index (χ1v) is 7.05. The summed E-state index contributed by atoms with van der Waals surface area (Å²) in [6.07, 6.45) is -0.463. The highest BCUT2D eigenvalue weighted by atomic mass is 16.6. The third-order valence-electron chi connectivity index (χ3n) is 2.72. The van der Waals surface area contributed by atoms with Gasteiger partial charge in [-0.05, 0) is 33.8 Å². The minimum Gasteiger partial charge on any atom is -0.476 e. The Bertz CT molecular complexity index is 533. The molecule has 0 spiro atoms. The molecule has 1 aromatic heterocycles. The van der Waals surface area contributed by atoms with Gasteiger partial charge < -0.3 is 20.5 Å². The van der Waals surface area contributed by atoms with Gasteiger partial charge in [0, 0.05) is 26.2 Å². The van der Waals surface area contributed by atoms with E-state index in [9.17, 15) is 9.59 Å². The summed E-state index contributed by atoms with van der Waals surface area (Å²) >= 11 is 0. The highest BCUT2D eigenvalue weighted by molar-refractivity contribution is 5.85. The quantitative estimate of drug-likeness (QED) is 0.727. The van der Waals surface area contributed by atoms with Gasteiger partial charge in [0.1, 0.15) is 5.60 Å². The van der Waals surface area contributed by atoms with Crippen molar-refractivity contribution in [3.8, 4) is 0 Å². The molecule has 0 aliphatic rings. The number of nitrogens with one attached hydrogen (secondary N) is 2. The van der Waals surface area contributed by atoms with Crippen molar-refractivity contribution in [2.75, 3.05) is 6.54 Å². The summed E-state index contributed by atoms with van der Waals surface area (Å²) in [5.74, 6) is -1.05. The molecule has 0 radical (unpaired) electrons. The Morgan fingerprint density at radius 1 is 1.45 bits per heavy atom. The standard InChI is InChI=1S/C14H24N4O4/c1-9(16-13(21)22-14(2,3)4)7-15-8-10-6-11(12(19)20)17-18(10)5/h6,9,15H,7-8H2,1-5H3,(H,16,21)(H,19,20). The van der Waals surface area contributed by atoms with Gasteiger partial charge in [-0.25, -0.2) is 9.59 Å². The molecule has 0 bridgehead atoms. The fraction of sp³-hybridized carbons (Fsp3) is 0.643. The Labute approximate surface area is 129 Å². The summed E-state index contributed by atoms with van der Waals surface area (Å²) in [6.45, 7) is 8.24. The molecule has 124 valence electrons. The second-order valence-corrected chi connectivity index (χ2v) is 6.13. The van der Waals surface area contributed by atoms with E-state index in [-0.39, 0.29) is 11.7 Å². The highest BCUT2D eigenvalue weighted by Crippen LogP contribution is 2.06. The molecule has 0 aromatic carbocycles. The van der Waals surface area contributed by atoms with Gasteiger partial charge in [0.25, 0.3) is 0 Å². The number of aryl methyl sites for hydroxylation is 1. The maximum absolute atomic E-state index is 11.6. The van der Waals surface area contributed by atoms with Gasteiger partial charge in [0.15, 0.2) is 5.69 Å². The minimum absolute atomic E-state index is 0.0132. The van der Waals surface area contributed by atoms with Crippen LogP contribution in [0.15, 0.2) is 6.07 Å². The second-order valence-electron chi connectivity index (χ2n) is 6.13. The number of rotatable bonds is 6. The monoisotopic (exact) mass is 312 g/mol. The van der Waals surface area contributed by atoms with Crippen LogP contribution < -0.4 is 10.6 Å². The predicted octanol–water partition coefficient (Wildman–Crippen LogP) is 1.12. The van der Waals surface area contributed by atoms with Gasteiger partial charge in [0.05, 0.1) is 5.69 Å². The third kappa shape index (κ3) is 6.13. The van der Waals surface area contributed by atoms with Gasteiger partial charge in [-0.3, -0.25) is 4.68 Å². The lowest BCUT2D eigenvalue weighted by Gasteiger charge is -2.22. The van der Waals surface area contributed by atoms with Gasteiger partial charge in [-0.15, -0.1) is 0 Å². The first-order chi connectivity index (χ1) is 10.1. The van der Waals surface area contributed by atoms with Crippen LogP contribution in [-0.2, 0) is 18.3 Å². The number of aromatic carboxylic acids is 1. The van der Waals surface area contributed by atoms with E-state index in [0.717, 1.165) is 5.69 Å². The SMILES string of the molecule is CC(CNCc1cc(C(=O)O)nn1C)NC(=O)OC(C)(C)C. The third-order valence-corrected chi connectivity index (χ3v) is 2.72. The van der Waals surface area contributed by atoms with Crippen LogP contribution in [0.3, 0.4) is 0 Å².